The summed E-state index contributed by atoms with van der Waals surface area (Å²) in [7, 11) is 0. The number of hydrogen-bond acceptors (Lipinski definition) is 1. The molecule has 0 aromatic heterocycles. The van der Waals surface area contributed by atoms with Gasteiger partial charge in [0.15, 0.2) is 0 Å². The van der Waals surface area contributed by atoms with E-state index in [1.807, 2.05) is 0 Å². The molecule has 1 aromatic rings. The fourth-order valence-electron chi connectivity index (χ4n) is 2.33. The van der Waals surface area contributed by atoms with Crippen molar-refractivity contribution in [2.75, 3.05) is 6.54 Å². The third-order valence-corrected chi connectivity index (χ3v) is 3.20. The van der Waals surface area contributed by atoms with Crippen molar-refractivity contribution in [1.82, 2.24) is 5.32 Å². The first kappa shape index (κ1) is 11.5. The number of hydrogen-bond donors (Lipinski definition) is 1. The molecule has 1 N–H and O–H groups in total. The molecule has 1 aliphatic rings. The molecule has 0 heterocycles. The van der Waals surface area contributed by atoms with Crippen LogP contribution in [0.5, 0.6) is 0 Å². The first-order valence-electron chi connectivity index (χ1n) is 5.94. The highest BCUT2D eigenvalue weighted by molar-refractivity contribution is 5.36. The van der Waals surface area contributed by atoms with Crippen molar-refractivity contribution in [3.8, 4) is 0 Å². The van der Waals surface area contributed by atoms with Crippen LogP contribution in [0.4, 0.5) is 8.78 Å². The van der Waals surface area contributed by atoms with Crippen molar-refractivity contribution in [3.63, 3.8) is 0 Å². The molecular formula is C13H17F2N. The van der Waals surface area contributed by atoms with Gasteiger partial charge in [0.1, 0.15) is 11.6 Å². The zero-order valence-electron chi connectivity index (χ0n) is 9.52. The van der Waals surface area contributed by atoms with Crippen molar-refractivity contribution in [3.05, 3.63) is 34.9 Å². The third kappa shape index (κ3) is 2.09. The van der Waals surface area contributed by atoms with Crippen LogP contribution in [0.1, 0.15) is 43.4 Å². The minimum Gasteiger partial charge on any atom is -0.310 e. The van der Waals surface area contributed by atoms with Crippen LogP contribution in [0.15, 0.2) is 12.1 Å². The zero-order chi connectivity index (χ0) is 11.5. The van der Waals surface area contributed by atoms with Crippen LogP contribution >= 0.6 is 0 Å². The Bertz CT molecular complexity index is 376. The molecule has 0 radical (unpaired) electrons. The summed E-state index contributed by atoms with van der Waals surface area (Å²) >= 11 is 0. The lowest BCUT2D eigenvalue weighted by Crippen LogP contribution is -2.21. The second-order valence-electron chi connectivity index (χ2n) is 4.32. The first-order chi connectivity index (χ1) is 7.74. The van der Waals surface area contributed by atoms with Gasteiger partial charge in [0, 0.05) is 11.6 Å². The summed E-state index contributed by atoms with van der Waals surface area (Å²) in [4.78, 5) is 0. The summed E-state index contributed by atoms with van der Waals surface area (Å²) in [6.45, 7) is 2.99. The van der Waals surface area contributed by atoms with E-state index in [0.29, 0.717) is 17.5 Å². The molecule has 1 nitrogen and oxygen atoms in total. The fourth-order valence-corrected chi connectivity index (χ4v) is 2.33. The minimum atomic E-state index is -0.275. The van der Waals surface area contributed by atoms with Gasteiger partial charge in [0.05, 0.1) is 0 Å². The molecule has 1 aliphatic carbocycles. The summed E-state index contributed by atoms with van der Waals surface area (Å²) in [6.07, 6.45) is 3.63. The Morgan fingerprint density at radius 3 is 2.81 bits per heavy atom. The van der Waals surface area contributed by atoms with Crippen LogP contribution in [0.25, 0.3) is 0 Å². The average Bonchev–Trinajstić information content (AvgIpc) is 2.69. The SMILES string of the molecule is CCCCNC1CCc2c(F)ccc(F)c21. The average molecular weight is 225 g/mol. The van der Waals surface area contributed by atoms with E-state index >= 15 is 0 Å². The highest BCUT2D eigenvalue weighted by atomic mass is 19.1. The van der Waals surface area contributed by atoms with E-state index in [0.717, 1.165) is 25.8 Å². The number of halogens is 2. The molecule has 0 fully saturated rings. The Morgan fingerprint density at radius 1 is 1.31 bits per heavy atom. The van der Waals surface area contributed by atoms with E-state index in [1.165, 1.54) is 12.1 Å². The van der Waals surface area contributed by atoms with E-state index < -0.39 is 0 Å². The molecule has 0 saturated carbocycles. The van der Waals surface area contributed by atoms with Crippen molar-refractivity contribution in [2.24, 2.45) is 0 Å². The second-order valence-corrected chi connectivity index (χ2v) is 4.32. The monoisotopic (exact) mass is 225 g/mol. The van der Waals surface area contributed by atoms with Gasteiger partial charge < -0.3 is 5.32 Å². The van der Waals surface area contributed by atoms with Crippen LogP contribution < -0.4 is 5.32 Å². The topological polar surface area (TPSA) is 12.0 Å². The van der Waals surface area contributed by atoms with Crippen LogP contribution in [-0.4, -0.2) is 6.54 Å². The fraction of sp³-hybridized carbons (Fsp3) is 0.538. The normalized spacial score (nSPS) is 18.8. The summed E-state index contributed by atoms with van der Waals surface area (Å²) in [6, 6.07) is 2.45. The molecule has 1 aromatic carbocycles. The van der Waals surface area contributed by atoms with Gasteiger partial charge in [0.2, 0.25) is 0 Å². The number of unbranched alkanes of at least 4 members (excludes halogenated alkanes) is 1. The molecule has 16 heavy (non-hydrogen) atoms. The van der Waals surface area contributed by atoms with Gasteiger partial charge in [0.25, 0.3) is 0 Å². The third-order valence-electron chi connectivity index (χ3n) is 3.20. The lowest BCUT2D eigenvalue weighted by Gasteiger charge is -2.14. The highest BCUT2D eigenvalue weighted by Gasteiger charge is 2.27. The molecule has 0 saturated heterocycles. The maximum atomic E-state index is 13.6. The van der Waals surface area contributed by atoms with Gasteiger partial charge in [-0.05, 0) is 43.5 Å². The zero-order valence-corrected chi connectivity index (χ0v) is 9.52. The maximum Gasteiger partial charge on any atom is 0.128 e. The Labute approximate surface area is 94.9 Å². The van der Waals surface area contributed by atoms with Gasteiger partial charge in [-0.1, -0.05) is 13.3 Å². The molecule has 88 valence electrons. The van der Waals surface area contributed by atoms with Crippen molar-refractivity contribution in [1.29, 1.82) is 0 Å². The number of rotatable bonds is 4. The van der Waals surface area contributed by atoms with Crippen molar-refractivity contribution < 1.29 is 8.78 Å². The van der Waals surface area contributed by atoms with Crippen LogP contribution in [0.2, 0.25) is 0 Å². The lowest BCUT2D eigenvalue weighted by molar-refractivity contribution is 0.494. The van der Waals surface area contributed by atoms with Gasteiger partial charge in [-0.2, -0.15) is 0 Å². The predicted molar refractivity (Wildman–Crippen MR) is 60.3 cm³/mol. The van der Waals surface area contributed by atoms with E-state index in [1.54, 1.807) is 0 Å². The standard InChI is InChI=1S/C13H17F2N/c1-2-3-8-16-12-7-4-9-10(14)5-6-11(15)13(9)12/h5-6,12,16H,2-4,7-8H2,1H3. The summed E-state index contributed by atoms with van der Waals surface area (Å²) in [5, 5.41) is 3.30. The van der Waals surface area contributed by atoms with Crippen LogP contribution in [-0.2, 0) is 6.42 Å². The van der Waals surface area contributed by atoms with Gasteiger partial charge >= 0.3 is 0 Å². The highest BCUT2D eigenvalue weighted by Crippen LogP contribution is 2.34. The molecule has 0 amide bonds. The molecule has 3 heteroatoms. The van der Waals surface area contributed by atoms with E-state index in [4.69, 9.17) is 0 Å². The maximum absolute atomic E-state index is 13.6. The van der Waals surface area contributed by atoms with Gasteiger partial charge in [-0.15, -0.1) is 0 Å². The predicted octanol–water partition coefficient (Wildman–Crippen LogP) is 3.34. The number of benzene rings is 1. The van der Waals surface area contributed by atoms with Crippen LogP contribution in [0.3, 0.4) is 0 Å². The number of nitrogens with one attached hydrogen (secondary N) is 1. The smallest absolute Gasteiger partial charge is 0.128 e. The van der Waals surface area contributed by atoms with Crippen LogP contribution in [0, 0.1) is 11.6 Å². The summed E-state index contributed by atoms with van der Waals surface area (Å²) in [5.41, 5.74) is 1.12. The lowest BCUT2D eigenvalue weighted by atomic mass is 10.1. The molecule has 1 atom stereocenters. The molecular weight excluding hydrogens is 208 g/mol. The molecule has 0 bridgehead atoms. The van der Waals surface area contributed by atoms with E-state index in [2.05, 4.69) is 12.2 Å². The van der Waals surface area contributed by atoms with E-state index in [-0.39, 0.29) is 17.7 Å². The Balaban J connectivity index is 2.15. The Hall–Kier alpha value is -0.960. The van der Waals surface area contributed by atoms with E-state index in [9.17, 15) is 8.78 Å². The first-order valence-corrected chi connectivity index (χ1v) is 5.94. The summed E-state index contributed by atoms with van der Waals surface area (Å²) in [5.74, 6) is -0.543. The quantitative estimate of drug-likeness (QED) is 0.775. The van der Waals surface area contributed by atoms with Gasteiger partial charge in [-0.25, -0.2) is 8.78 Å². The molecule has 0 spiro atoms. The minimum absolute atomic E-state index is 0.00255. The van der Waals surface area contributed by atoms with Gasteiger partial charge in [-0.3, -0.25) is 0 Å². The molecule has 0 aliphatic heterocycles. The second kappa shape index (κ2) is 4.91. The Morgan fingerprint density at radius 2 is 2.06 bits per heavy atom. The molecule has 2 rings (SSSR count). The van der Waals surface area contributed by atoms with Crippen molar-refractivity contribution >= 4 is 0 Å². The summed E-state index contributed by atoms with van der Waals surface area (Å²) < 4.78 is 27.1. The number of fused-ring (bicyclic) bond motifs is 1. The van der Waals surface area contributed by atoms with Crippen molar-refractivity contribution in [2.45, 2.75) is 38.6 Å². The largest absolute Gasteiger partial charge is 0.310 e. The Kier molecular flexibility index (Phi) is 3.54. The molecule has 1 unspecified atom stereocenters.